The van der Waals surface area contributed by atoms with Gasteiger partial charge in [0.1, 0.15) is 11.8 Å². The number of rotatable bonds is 3. The Kier molecular flexibility index (Phi) is 4.12. The molecule has 1 atom stereocenters. The number of anilines is 1. The predicted octanol–water partition coefficient (Wildman–Crippen LogP) is 1.89. The Morgan fingerprint density at radius 2 is 2.20 bits per heavy atom. The molecular weight excluding hydrogens is 260 g/mol. The number of likely N-dealkylation sites (tertiary alicyclic amines) is 1. The highest BCUT2D eigenvalue weighted by molar-refractivity contribution is 5.95. The SMILES string of the molecule is CCN(C(=O)N1CCC[C@@H]1C(=O)O)c1cccc(O)c1. The van der Waals surface area contributed by atoms with Crippen LogP contribution in [-0.4, -0.2) is 46.2 Å². The van der Waals surface area contributed by atoms with Gasteiger partial charge in [0.15, 0.2) is 0 Å². The third-order valence-electron chi connectivity index (χ3n) is 3.47. The molecule has 1 aromatic carbocycles. The standard InChI is InChI=1S/C14H18N2O4/c1-2-15(10-5-3-6-11(17)9-10)14(20)16-8-4-7-12(16)13(18)19/h3,5-6,9,12,17H,2,4,7-8H2,1H3,(H,18,19)/t12-/m1/s1. The van der Waals surface area contributed by atoms with Gasteiger partial charge in [0, 0.05) is 24.8 Å². The number of aromatic hydroxyl groups is 1. The van der Waals surface area contributed by atoms with Crippen LogP contribution >= 0.6 is 0 Å². The summed E-state index contributed by atoms with van der Waals surface area (Å²) in [6.45, 7) is 2.67. The molecule has 1 aliphatic rings. The number of urea groups is 1. The Labute approximate surface area is 117 Å². The van der Waals surface area contributed by atoms with Gasteiger partial charge in [0.05, 0.1) is 0 Å². The summed E-state index contributed by atoms with van der Waals surface area (Å²) in [5.74, 6) is -0.896. The van der Waals surface area contributed by atoms with Crippen molar-refractivity contribution in [3.05, 3.63) is 24.3 Å². The highest BCUT2D eigenvalue weighted by Crippen LogP contribution is 2.24. The number of hydrogen-bond donors (Lipinski definition) is 2. The molecule has 1 fully saturated rings. The Bertz CT molecular complexity index is 518. The van der Waals surface area contributed by atoms with E-state index in [1.807, 2.05) is 6.92 Å². The lowest BCUT2D eigenvalue weighted by Gasteiger charge is -2.29. The average Bonchev–Trinajstić information content (AvgIpc) is 2.89. The van der Waals surface area contributed by atoms with Crippen LogP contribution in [0.1, 0.15) is 19.8 Å². The normalized spacial score (nSPS) is 18.1. The summed E-state index contributed by atoms with van der Waals surface area (Å²) < 4.78 is 0. The lowest BCUT2D eigenvalue weighted by atomic mass is 10.2. The van der Waals surface area contributed by atoms with Crippen LogP contribution in [0.2, 0.25) is 0 Å². The van der Waals surface area contributed by atoms with Crippen LogP contribution in [0.5, 0.6) is 5.75 Å². The van der Waals surface area contributed by atoms with Crippen LogP contribution in [0.4, 0.5) is 10.5 Å². The topological polar surface area (TPSA) is 81.1 Å². The first kappa shape index (κ1) is 14.2. The summed E-state index contributed by atoms with van der Waals surface area (Å²) in [5, 5.41) is 18.6. The minimum absolute atomic E-state index is 0.0740. The summed E-state index contributed by atoms with van der Waals surface area (Å²) in [6, 6.07) is 5.30. The van der Waals surface area contributed by atoms with E-state index in [1.54, 1.807) is 12.1 Å². The summed E-state index contributed by atoms with van der Waals surface area (Å²) in [4.78, 5) is 26.5. The van der Waals surface area contributed by atoms with E-state index in [9.17, 15) is 14.7 Å². The van der Waals surface area contributed by atoms with Crippen molar-refractivity contribution in [3.8, 4) is 5.75 Å². The van der Waals surface area contributed by atoms with Gasteiger partial charge >= 0.3 is 12.0 Å². The third-order valence-corrected chi connectivity index (χ3v) is 3.47. The fourth-order valence-corrected chi connectivity index (χ4v) is 2.50. The fraction of sp³-hybridized carbons (Fsp3) is 0.429. The van der Waals surface area contributed by atoms with Gasteiger partial charge in [-0.3, -0.25) is 4.90 Å². The van der Waals surface area contributed by atoms with Crippen molar-refractivity contribution in [1.29, 1.82) is 0 Å². The van der Waals surface area contributed by atoms with Crippen LogP contribution in [-0.2, 0) is 4.79 Å². The Morgan fingerprint density at radius 3 is 2.80 bits per heavy atom. The highest BCUT2D eigenvalue weighted by Gasteiger charge is 2.36. The number of carboxylic acid groups (broad SMARTS) is 1. The summed E-state index contributed by atoms with van der Waals surface area (Å²) >= 11 is 0. The van der Waals surface area contributed by atoms with E-state index in [0.29, 0.717) is 31.6 Å². The lowest BCUT2D eigenvalue weighted by molar-refractivity contribution is -0.141. The molecule has 108 valence electrons. The summed E-state index contributed by atoms with van der Waals surface area (Å²) in [5.41, 5.74) is 0.563. The van der Waals surface area contributed by atoms with Gasteiger partial charge in [0.25, 0.3) is 0 Å². The molecule has 1 aromatic rings. The molecule has 1 saturated heterocycles. The van der Waals surface area contributed by atoms with Gasteiger partial charge in [-0.25, -0.2) is 9.59 Å². The maximum Gasteiger partial charge on any atom is 0.326 e. The van der Waals surface area contributed by atoms with Crippen LogP contribution in [0.25, 0.3) is 0 Å². The zero-order chi connectivity index (χ0) is 14.7. The maximum absolute atomic E-state index is 12.5. The first-order valence-electron chi connectivity index (χ1n) is 6.64. The molecule has 2 N–H and O–H groups in total. The van der Waals surface area contributed by atoms with Crippen LogP contribution in [0.15, 0.2) is 24.3 Å². The largest absolute Gasteiger partial charge is 0.508 e. The second kappa shape index (κ2) is 5.81. The number of carboxylic acids is 1. The molecule has 0 bridgehead atoms. The van der Waals surface area contributed by atoms with Crippen LogP contribution < -0.4 is 4.90 Å². The number of amides is 2. The summed E-state index contributed by atoms with van der Waals surface area (Å²) in [7, 11) is 0. The Balaban J connectivity index is 2.23. The van der Waals surface area contributed by atoms with E-state index in [4.69, 9.17) is 5.11 Å². The lowest BCUT2D eigenvalue weighted by Crippen LogP contribution is -2.48. The molecule has 2 amide bonds. The second-order valence-corrected chi connectivity index (χ2v) is 4.74. The fourth-order valence-electron chi connectivity index (χ4n) is 2.50. The van der Waals surface area contributed by atoms with Crippen molar-refractivity contribution < 1.29 is 19.8 Å². The van der Waals surface area contributed by atoms with Gasteiger partial charge in [-0.15, -0.1) is 0 Å². The maximum atomic E-state index is 12.5. The molecule has 0 spiro atoms. The molecule has 0 unspecified atom stereocenters. The molecule has 0 aliphatic carbocycles. The van der Waals surface area contributed by atoms with Crippen molar-refractivity contribution >= 4 is 17.7 Å². The minimum Gasteiger partial charge on any atom is -0.508 e. The molecule has 0 aromatic heterocycles. The first-order chi connectivity index (χ1) is 9.54. The Morgan fingerprint density at radius 1 is 1.45 bits per heavy atom. The molecule has 1 heterocycles. The van der Waals surface area contributed by atoms with Crippen molar-refractivity contribution in [2.75, 3.05) is 18.0 Å². The van der Waals surface area contributed by atoms with E-state index in [0.717, 1.165) is 0 Å². The quantitative estimate of drug-likeness (QED) is 0.884. The zero-order valence-corrected chi connectivity index (χ0v) is 11.3. The van der Waals surface area contributed by atoms with Crippen molar-refractivity contribution in [3.63, 3.8) is 0 Å². The van der Waals surface area contributed by atoms with Crippen LogP contribution in [0, 0.1) is 0 Å². The molecule has 0 radical (unpaired) electrons. The monoisotopic (exact) mass is 278 g/mol. The second-order valence-electron chi connectivity index (χ2n) is 4.74. The minimum atomic E-state index is -0.970. The molecule has 6 nitrogen and oxygen atoms in total. The number of benzene rings is 1. The molecular formula is C14H18N2O4. The van der Waals surface area contributed by atoms with E-state index < -0.39 is 12.0 Å². The van der Waals surface area contributed by atoms with Gasteiger partial charge in [-0.05, 0) is 31.9 Å². The predicted molar refractivity (Wildman–Crippen MR) is 73.9 cm³/mol. The molecule has 6 heteroatoms. The van der Waals surface area contributed by atoms with Crippen molar-refractivity contribution in [1.82, 2.24) is 4.90 Å². The van der Waals surface area contributed by atoms with Gasteiger partial charge in [0.2, 0.25) is 0 Å². The highest BCUT2D eigenvalue weighted by atomic mass is 16.4. The van der Waals surface area contributed by atoms with E-state index >= 15 is 0 Å². The van der Waals surface area contributed by atoms with E-state index in [-0.39, 0.29) is 11.8 Å². The van der Waals surface area contributed by atoms with Gasteiger partial charge < -0.3 is 15.1 Å². The average molecular weight is 278 g/mol. The number of nitrogens with zero attached hydrogens (tertiary/aromatic N) is 2. The van der Waals surface area contributed by atoms with E-state index in [2.05, 4.69) is 0 Å². The molecule has 0 saturated carbocycles. The smallest absolute Gasteiger partial charge is 0.326 e. The molecule has 20 heavy (non-hydrogen) atoms. The Hall–Kier alpha value is -2.24. The molecule has 1 aliphatic heterocycles. The zero-order valence-electron chi connectivity index (χ0n) is 11.3. The number of hydrogen-bond acceptors (Lipinski definition) is 3. The number of phenols is 1. The number of carbonyl (C=O) groups is 2. The first-order valence-corrected chi connectivity index (χ1v) is 6.64. The van der Waals surface area contributed by atoms with E-state index in [1.165, 1.54) is 21.9 Å². The molecule has 2 rings (SSSR count). The number of phenolic OH excluding ortho intramolecular Hbond substituents is 1. The van der Waals surface area contributed by atoms with Gasteiger partial charge in [-0.1, -0.05) is 6.07 Å². The van der Waals surface area contributed by atoms with Gasteiger partial charge in [-0.2, -0.15) is 0 Å². The van der Waals surface area contributed by atoms with Crippen molar-refractivity contribution in [2.45, 2.75) is 25.8 Å². The third kappa shape index (κ3) is 2.68. The number of carbonyl (C=O) groups excluding carboxylic acids is 1. The van der Waals surface area contributed by atoms with Crippen molar-refractivity contribution in [2.24, 2.45) is 0 Å². The summed E-state index contributed by atoms with van der Waals surface area (Å²) in [6.07, 6.45) is 1.18. The number of aliphatic carboxylic acids is 1. The van der Waals surface area contributed by atoms with Crippen LogP contribution in [0.3, 0.4) is 0 Å².